The predicted octanol–water partition coefficient (Wildman–Crippen LogP) is 2.19. The zero-order valence-electron chi connectivity index (χ0n) is 11.6. The SMILES string of the molecule is N[C@H](CO)Cc1ccc(NC(=O)Nc2ccccc2)cc1. The number of amides is 2. The van der Waals surface area contributed by atoms with Gasteiger partial charge in [-0.3, -0.25) is 0 Å². The van der Waals surface area contributed by atoms with Crippen LogP contribution in [0.3, 0.4) is 0 Å². The molecular formula is C16H19N3O2. The van der Waals surface area contributed by atoms with Crippen LogP contribution in [0.15, 0.2) is 54.6 Å². The maximum Gasteiger partial charge on any atom is 0.323 e. The first kappa shape index (κ1) is 15.0. The Morgan fingerprint density at radius 2 is 1.57 bits per heavy atom. The van der Waals surface area contributed by atoms with Crippen molar-refractivity contribution >= 4 is 17.4 Å². The second-order valence-electron chi connectivity index (χ2n) is 4.79. The van der Waals surface area contributed by atoms with Crippen LogP contribution in [-0.4, -0.2) is 23.8 Å². The zero-order valence-corrected chi connectivity index (χ0v) is 11.6. The summed E-state index contributed by atoms with van der Waals surface area (Å²) in [5.74, 6) is 0. The van der Waals surface area contributed by atoms with Crippen molar-refractivity contribution in [3.05, 3.63) is 60.2 Å². The number of nitrogens with two attached hydrogens (primary N) is 1. The second-order valence-corrected chi connectivity index (χ2v) is 4.79. The predicted molar refractivity (Wildman–Crippen MR) is 84.3 cm³/mol. The van der Waals surface area contributed by atoms with E-state index in [1.54, 1.807) is 0 Å². The number of anilines is 2. The monoisotopic (exact) mass is 285 g/mol. The number of rotatable bonds is 5. The highest BCUT2D eigenvalue weighted by Gasteiger charge is 2.04. The molecule has 110 valence electrons. The quantitative estimate of drug-likeness (QED) is 0.679. The van der Waals surface area contributed by atoms with Gasteiger partial charge in [0.05, 0.1) is 6.61 Å². The molecule has 0 aliphatic rings. The molecule has 0 saturated carbocycles. The van der Waals surface area contributed by atoms with Gasteiger partial charge < -0.3 is 21.5 Å². The van der Waals surface area contributed by atoms with Gasteiger partial charge in [-0.25, -0.2) is 4.79 Å². The van der Waals surface area contributed by atoms with Crippen molar-refractivity contribution in [2.24, 2.45) is 5.73 Å². The Morgan fingerprint density at radius 1 is 1.00 bits per heavy atom. The number of nitrogens with one attached hydrogen (secondary N) is 2. The van der Waals surface area contributed by atoms with E-state index in [1.165, 1.54) is 0 Å². The van der Waals surface area contributed by atoms with Crippen LogP contribution < -0.4 is 16.4 Å². The van der Waals surface area contributed by atoms with Crippen molar-refractivity contribution in [3.8, 4) is 0 Å². The molecule has 2 amide bonds. The highest BCUT2D eigenvalue weighted by atomic mass is 16.3. The molecule has 1 atom stereocenters. The average Bonchev–Trinajstić information content (AvgIpc) is 2.50. The van der Waals surface area contributed by atoms with E-state index in [9.17, 15) is 4.79 Å². The summed E-state index contributed by atoms with van der Waals surface area (Å²) in [5.41, 5.74) is 8.13. The lowest BCUT2D eigenvalue weighted by molar-refractivity contribution is 0.262. The molecule has 0 aromatic heterocycles. The van der Waals surface area contributed by atoms with Gasteiger partial charge in [0.15, 0.2) is 0 Å². The van der Waals surface area contributed by atoms with Crippen molar-refractivity contribution < 1.29 is 9.90 Å². The summed E-state index contributed by atoms with van der Waals surface area (Å²) in [6, 6.07) is 16.1. The van der Waals surface area contributed by atoms with E-state index in [4.69, 9.17) is 10.8 Å². The Kier molecular flexibility index (Phi) is 5.31. The molecule has 0 radical (unpaired) electrons. The van der Waals surface area contributed by atoms with Crippen LogP contribution in [0.1, 0.15) is 5.56 Å². The van der Waals surface area contributed by atoms with Crippen LogP contribution in [-0.2, 0) is 6.42 Å². The summed E-state index contributed by atoms with van der Waals surface area (Å²) >= 11 is 0. The summed E-state index contributed by atoms with van der Waals surface area (Å²) < 4.78 is 0. The summed E-state index contributed by atoms with van der Waals surface area (Å²) in [6.07, 6.45) is 0.604. The highest BCUT2D eigenvalue weighted by Crippen LogP contribution is 2.12. The average molecular weight is 285 g/mol. The van der Waals surface area contributed by atoms with Crippen LogP contribution in [0, 0.1) is 0 Å². The van der Waals surface area contributed by atoms with Crippen molar-refractivity contribution in [3.63, 3.8) is 0 Å². The van der Waals surface area contributed by atoms with Gasteiger partial charge in [-0.1, -0.05) is 30.3 Å². The fraction of sp³-hybridized carbons (Fsp3) is 0.188. The fourth-order valence-corrected chi connectivity index (χ4v) is 1.91. The molecule has 0 bridgehead atoms. The maximum absolute atomic E-state index is 11.8. The number of urea groups is 1. The van der Waals surface area contributed by atoms with E-state index in [0.29, 0.717) is 12.1 Å². The van der Waals surface area contributed by atoms with E-state index in [2.05, 4.69) is 10.6 Å². The van der Waals surface area contributed by atoms with E-state index in [-0.39, 0.29) is 18.7 Å². The fourth-order valence-electron chi connectivity index (χ4n) is 1.91. The van der Waals surface area contributed by atoms with Crippen LogP contribution >= 0.6 is 0 Å². The summed E-state index contributed by atoms with van der Waals surface area (Å²) in [6.45, 7) is -0.0422. The molecule has 5 heteroatoms. The molecule has 0 unspecified atom stereocenters. The standard InChI is InChI=1S/C16H19N3O2/c17-13(11-20)10-12-6-8-15(9-7-12)19-16(21)18-14-4-2-1-3-5-14/h1-9,13,20H,10-11,17H2,(H2,18,19,21)/t13-/m0/s1. The number of hydrogen-bond acceptors (Lipinski definition) is 3. The van der Waals surface area contributed by atoms with Crippen molar-refractivity contribution in [1.29, 1.82) is 0 Å². The topological polar surface area (TPSA) is 87.4 Å². The lowest BCUT2D eigenvalue weighted by Crippen LogP contribution is -2.26. The Labute approximate surface area is 123 Å². The van der Waals surface area contributed by atoms with Gasteiger partial charge in [-0.2, -0.15) is 0 Å². The van der Waals surface area contributed by atoms with Crippen molar-refractivity contribution in [1.82, 2.24) is 0 Å². The first-order chi connectivity index (χ1) is 10.2. The first-order valence-electron chi connectivity index (χ1n) is 6.76. The van der Waals surface area contributed by atoms with Gasteiger partial charge >= 0.3 is 6.03 Å². The Morgan fingerprint density at radius 3 is 2.14 bits per heavy atom. The molecule has 0 fully saturated rings. The number of aliphatic hydroxyl groups is 1. The highest BCUT2D eigenvalue weighted by molar-refractivity contribution is 5.99. The Hall–Kier alpha value is -2.37. The van der Waals surface area contributed by atoms with E-state index < -0.39 is 0 Å². The first-order valence-corrected chi connectivity index (χ1v) is 6.76. The lowest BCUT2D eigenvalue weighted by atomic mass is 10.1. The van der Waals surface area contributed by atoms with Gasteiger partial charge in [0, 0.05) is 17.4 Å². The summed E-state index contributed by atoms with van der Waals surface area (Å²) in [7, 11) is 0. The molecule has 2 rings (SSSR count). The molecule has 21 heavy (non-hydrogen) atoms. The van der Waals surface area contributed by atoms with Gasteiger partial charge in [0.1, 0.15) is 0 Å². The summed E-state index contributed by atoms with van der Waals surface area (Å²) in [5, 5.41) is 14.4. The van der Waals surface area contributed by atoms with Crippen LogP contribution in [0.25, 0.3) is 0 Å². The molecule has 2 aromatic rings. The van der Waals surface area contributed by atoms with E-state index in [1.807, 2.05) is 54.6 Å². The van der Waals surface area contributed by atoms with Crippen LogP contribution in [0.2, 0.25) is 0 Å². The Bertz CT molecular complexity index is 570. The minimum Gasteiger partial charge on any atom is -0.395 e. The third-order valence-corrected chi connectivity index (χ3v) is 2.98. The number of aliphatic hydroxyl groups excluding tert-OH is 1. The van der Waals surface area contributed by atoms with Gasteiger partial charge in [-0.15, -0.1) is 0 Å². The number of carbonyl (C=O) groups excluding carboxylic acids is 1. The van der Waals surface area contributed by atoms with Gasteiger partial charge in [0.2, 0.25) is 0 Å². The minimum absolute atomic E-state index is 0.0422. The zero-order chi connectivity index (χ0) is 15.1. The number of hydrogen-bond donors (Lipinski definition) is 4. The largest absolute Gasteiger partial charge is 0.395 e. The van der Waals surface area contributed by atoms with Crippen LogP contribution in [0.5, 0.6) is 0 Å². The maximum atomic E-state index is 11.8. The summed E-state index contributed by atoms with van der Waals surface area (Å²) in [4.78, 5) is 11.8. The molecule has 5 nitrogen and oxygen atoms in total. The third kappa shape index (κ3) is 4.91. The molecular weight excluding hydrogens is 266 g/mol. The Balaban J connectivity index is 1.89. The molecule has 5 N–H and O–H groups in total. The van der Waals surface area contributed by atoms with Gasteiger partial charge in [0.25, 0.3) is 0 Å². The normalized spacial score (nSPS) is 11.7. The van der Waals surface area contributed by atoms with Crippen molar-refractivity contribution in [2.45, 2.75) is 12.5 Å². The second kappa shape index (κ2) is 7.42. The van der Waals surface area contributed by atoms with E-state index in [0.717, 1.165) is 11.3 Å². The number of carbonyl (C=O) groups is 1. The minimum atomic E-state index is -0.291. The molecule has 0 heterocycles. The third-order valence-electron chi connectivity index (χ3n) is 2.98. The molecule has 2 aromatic carbocycles. The molecule has 0 aliphatic carbocycles. The smallest absolute Gasteiger partial charge is 0.323 e. The van der Waals surface area contributed by atoms with Crippen molar-refractivity contribution in [2.75, 3.05) is 17.2 Å². The lowest BCUT2D eigenvalue weighted by Gasteiger charge is -2.10. The van der Waals surface area contributed by atoms with Gasteiger partial charge in [-0.05, 0) is 36.2 Å². The number of para-hydroxylation sites is 1. The van der Waals surface area contributed by atoms with Crippen LogP contribution in [0.4, 0.5) is 16.2 Å². The number of benzene rings is 2. The van der Waals surface area contributed by atoms with E-state index >= 15 is 0 Å². The molecule has 0 aliphatic heterocycles. The molecule has 0 saturated heterocycles. The molecule has 0 spiro atoms.